The number of hydrogen-bond donors (Lipinski definition) is 2. The third kappa shape index (κ3) is 5.50. The Morgan fingerprint density at radius 1 is 1.12 bits per heavy atom. The van der Waals surface area contributed by atoms with Crippen molar-refractivity contribution in [2.24, 2.45) is 0 Å². The Bertz CT molecular complexity index is 1270. The van der Waals surface area contributed by atoms with E-state index in [1.54, 1.807) is 6.20 Å². The molecular formula is C22H18F3N6O2+. The maximum atomic E-state index is 12.8. The summed E-state index contributed by atoms with van der Waals surface area (Å²) in [4.78, 5) is 20.3. The molecule has 0 radical (unpaired) electrons. The van der Waals surface area contributed by atoms with E-state index >= 15 is 0 Å². The van der Waals surface area contributed by atoms with E-state index in [2.05, 4.69) is 25.9 Å². The number of anilines is 2. The van der Waals surface area contributed by atoms with E-state index in [9.17, 15) is 18.0 Å². The quantitative estimate of drug-likeness (QED) is 0.434. The summed E-state index contributed by atoms with van der Waals surface area (Å²) in [5, 5.41) is 8.57. The van der Waals surface area contributed by atoms with Crippen molar-refractivity contribution in [3.63, 3.8) is 0 Å². The zero-order chi connectivity index (χ0) is 23.4. The minimum Gasteiger partial charge on any atom is -0.308 e. The molecule has 0 unspecified atom stereocenters. The van der Waals surface area contributed by atoms with Gasteiger partial charge in [0.25, 0.3) is 6.20 Å². The number of nitrogens with zero attached hydrogens (tertiary/aromatic N) is 4. The molecule has 0 atom stereocenters. The Hall–Kier alpha value is -4.28. The smallest absolute Gasteiger partial charge is 0.308 e. The summed E-state index contributed by atoms with van der Waals surface area (Å²) in [7, 11) is 0. The van der Waals surface area contributed by atoms with E-state index < -0.39 is 17.8 Å². The van der Waals surface area contributed by atoms with Gasteiger partial charge in [-0.3, -0.25) is 9.84 Å². The first-order valence-corrected chi connectivity index (χ1v) is 9.75. The Kier molecular flexibility index (Phi) is 6.03. The Labute approximate surface area is 186 Å². The lowest BCUT2D eigenvalue weighted by Gasteiger charge is -2.09. The zero-order valence-corrected chi connectivity index (χ0v) is 17.3. The number of urea groups is 1. The second kappa shape index (κ2) is 9.07. The second-order valence-electron chi connectivity index (χ2n) is 7.14. The molecule has 0 bridgehead atoms. The highest BCUT2D eigenvalue weighted by molar-refractivity contribution is 5.98. The highest BCUT2D eigenvalue weighted by Gasteiger charge is 2.30. The zero-order valence-electron chi connectivity index (χ0n) is 17.3. The first-order valence-electron chi connectivity index (χ1n) is 9.75. The summed E-state index contributed by atoms with van der Waals surface area (Å²) in [6.45, 7) is 2.29. The summed E-state index contributed by atoms with van der Waals surface area (Å²) in [6.07, 6.45) is 0.220. The van der Waals surface area contributed by atoms with Crippen molar-refractivity contribution in [3.05, 3.63) is 84.1 Å². The van der Waals surface area contributed by atoms with Crippen LogP contribution in [0, 0.1) is 6.92 Å². The largest absolute Gasteiger partial charge is 0.416 e. The molecule has 0 aliphatic heterocycles. The van der Waals surface area contributed by atoms with E-state index in [0.717, 1.165) is 34.5 Å². The number of carbonyl (C=O) groups is 1. The molecule has 0 aliphatic rings. The first kappa shape index (κ1) is 21.9. The van der Waals surface area contributed by atoms with Crippen molar-refractivity contribution in [3.8, 4) is 11.1 Å². The molecule has 2 aromatic heterocycles. The Balaban J connectivity index is 1.36. The standard InChI is InChI=1S/C22H17F3N6O2/c1-14-19(10-26-13-27-14)16-7-5-15(6-8-16)11-31-12-20(33-30-31)29-21(32)28-18-4-2-3-17(9-18)22(23,24)25/h2-10,12-13H,11H2,1H3,(H-,28,29,30,32)/p+1. The van der Waals surface area contributed by atoms with Crippen molar-refractivity contribution in [2.75, 3.05) is 10.6 Å². The van der Waals surface area contributed by atoms with Crippen LogP contribution in [0.4, 0.5) is 29.5 Å². The number of aromatic nitrogens is 4. The van der Waals surface area contributed by atoms with Crippen molar-refractivity contribution < 1.29 is 27.2 Å². The highest BCUT2D eigenvalue weighted by atomic mass is 19.4. The molecule has 168 valence electrons. The van der Waals surface area contributed by atoms with Gasteiger partial charge < -0.3 is 5.32 Å². The fraction of sp³-hybridized carbons (Fsp3) is 0.136. The molecule has 0 spiro atoms. The van der Waals surface area contributed by atoms with Gasteiger partial charge in [-0.15, -0.1) is 0 Å². The van der Waals surface area contributed by atoms with Crippen LogP contribution in [-0.4, -0.2) is 21.3 Å². The molecule has 11 heteroatoms. The van der Waals surface area contributed by atoms with Crippen LogP contribution in [0.5, 0.6) is 0 Å². The maximum absolute atomic E-state index is 12.8. The molecule has 0 saturated heterocycles. The van der Waals surface area contributed by atoms with Gasteiger partial charge in [-0.1, -0.05) is 30.3 Å². The second-order valence-corrected chi connectivity index (χ2v) is 7.14. The lowest BCUT2D eigenvalue weighted by molar-refractivity contribution is -0.754. The van der Waals surface area contributed by atoms with E-state index in [1.165, 1.54) is 29.3 Å². The Morgan fingerprint density at radius 3 is 2.64 bits per heavy atom. The predicted octanol–water partition coefficient (Wildman–Crippen LogP) is 4.44. The number of halogens is 3. The van der Waals surface area contributed by atoms with Gasteiger partial charge in [0.1, 0.15) is 6.33 Å². The van der Waals surface area contributed by atoms with Gasteiger partial charge in [0.2, 0.25) is 11.8 Å². The molecule has 4 rings (SSSR count). The van der Waals surface area contributed by atoms with Gasteiger partial charge in [-0.25, -0.2) is 14.8 Å². The average molecular weight is 455 g/mol. The number of alkyl halides is 3. The molecule has 0 fully saturated rings. The normalized spacial score (nSPS) is 11.3. The molecule has 0 saturated carbocycles. The number of carbonyl (C=O) groups excluding carboxylic acids is 1. The van der Waals surface area contributed by atoms with E-state index in [-0.39, 0.29) is 11.6 Å². The summed E-state index contributed by atoms with van der Waals surface area (Å²) < 4.78 is 45.0. The van der Waals surface area contributed by atoms with Crippen molar-refractivity contribution >= 4 is 17.6 Å². The van der Waals surface area contributed by atoms with E-state index in [0.29, 0.717) is 6.54 Å². The van der Waals surface area contributed by atoms with E-state index in [4.69, 9.17) is 4.52 Å². The molecule has 33 heavy (non-hydrogen) atoms. The molecule has 2 N–H and O–H groups in total. The van der Waals surface area contributed by atoms with Crippen LogP contribution in [-0.2, 0) is 12.7 Å². The number of benzene rings is 2. The summed E-state index contributed by atoms with van der Waals surface area (Å²) in [5.74, 6) is 0.0353. The van der Waals surface area contributed by atoms with Crippen LogP contribution in [0.25, 0.3) is 11.1 Å². The van der Waals surface area contributed by atoms with Crippen molar-refractivity contribution in [1.29, 1.82) is 0 Å². The number of amides is 2. The molecular weight excluding hydrogens is 437 g/mol. The number of nitrogens with one attached hydrogen (secondary N) is 2. The number of aryl methyl sites for hydroxylation is 1. The van der Waals surface area contributed by atoms with Gasteiger partial charge in [0.15, 0.2) is 0 Å². The van der Waals surface area contributed by atoms with Crippen LogP contribution in [0.3, 0.4) is 0 Å². The minimum absolute atomic E-state index is 0.00569. The van der Waals surface area contributed by atoms with Crippen LogP contribution >= 0.6 is 0 Å². The van der Waals surface area contributed by atoms with Gasteiger partial charge in [-0.05, 0) is 35.4 Å². The maximum Gasteiger partial charge on any atom is 0.416 e. The van der Waals surface area contributed by atoms with Crippen LogP contribution in [0.2, 0.25) is 0 Å². The fourth-order valence-corrected chi connectivity index (χ4v) is 3.11. The Morgan fingerprint density at radius 2 is 1.91 bits per heavy atom. The van der Waals surface area contributed by atoms with Crippen LogP contribution in [0.1, 0.15) is 16.8 Å². The number of rotatable bonds is 5. The lowest BCUT2D eigenvalue weighted by Crippen LogP contribution is -2.35. The van der Waals surface area contributed by atoms with Gasteiger partial charge >= 0.3 is 18.1 Å². The topological polar surface area (TPSA) is 96.8 Å². The van der Waals surface area contributed by atoms with Crippen molar-refractivity contribution in [2.45, 2.75) is 19.6 Å². The third-order valence-electron chi connectivity index (χ3n) is 4.72. The third-order valence-corrected chi connectivity index (χ3v) is 4.72. The van der Waals surface area contributed by atoms with Gasteiger partial charge in [0.05, 0.1) is 5.56 Å². The SMILES string of the molecule is Cc1ncncc1-c1ccc(C[n+]2cc(NC(=O)Nc3cccc(C(F)(F)F)c3)on2)cc1. The van der Waals surface area contributed by atoms with Crippen LogP contribution in [0.15, 0.2) is 71.8 Å². The molecule has 8 nitrogen and oxygen atoms in total. The van der Waals surface area contributed by atoms with Crippen molar-refractivity contribution in [1.82, 2.24) is 15.2 Å². The molecule has 2 aromatic carbocycles. The average Bonchev–Trinajstić information content (AvgIpc) is 3.21. The lowest BCUT2D eigenvalue weighted by atomic mass is 10.0. The molecule has 2 amide bonds. The number of hydrogen-bond acceptors (Lipinski definition) is 5. The molecule has 4 aromatic rings. The molecule has 2 heterocycles. The van der Waals surface area contributed by atoms with Crippen LogP contribution < -0.4 is 15.3 Å². The predicted molar refractivity (Wildman–Crippen MR) is 112 cm³/mol. The minimum atomic E-state index is -4.50. The molecule has 0 aliphatic carbocycles. The first-order chi connectivity index (χ1) is 15.8. The summed E-state index contributed by atoms with van der Waals surface area (Å²) >= 11 is 0. The fourth-order valence-electron chi connectivity index (χ4n) is 3.11. The van der Waals surface area contributed by atoms with E-state index in [1.807, 2.05) is 31.2 Å². The summed E-state index contributed by atoms with van der Waals surface area (Å²) in [5.41, 5.74) is 2.87. The highest BCUT2D eigenvalue weighted by Crippen LogP contribution is 2.30. The van der Waals surface area contributed by atoms with Gasteiger partial charge in [-0.2, -0.15) is 13.2 Å². The summed E-state index contributed by atoms with van der Waals surface area (Å²) in [6, 6.07) is 11.3. The monoisotopic (exact) mass is 455 g/mol. The van der Waals surface area contributed by atoms with Gasteiger partial charge in [0, 0.05) is 28.7 Å².